The molecule has 0 radical (unpaired) electrons. The number of piperidine rings is 1. The fourth-order valence-electron chi connectivity index (χ4n) is 2.49. The SMILES string of the molecule is O=C(O)c1cccc(S(=O)(=O)N2CC3CC3C2)c1. The first-order valence-corrected chi connectivity index (χ1v) is 7.26. The maximum absolute atomic E-state index is 12.3. The molecular weight excluding hydrogens is 254 g/mol. The molecule has 0 spiro atoms. The Bertz CT molecular complexity index is 600. The zero-order valence-electron chi connectivity index (χ0n) is 9.61. The van der Waals surface area contributed by atoms with Crippen LogP contribution < -0.4 is 0 Å². The van der Waals surface area contributed by atoms with Gasteiger partial charge in [-0.3, -0.25) is 0 Å². The second kappa shape index (κ2) is 3.80. The van der Waals surface area contributed by atoms with Gasteiger partial charge in [-0.05, 0) is 36.5 Å². The Hall–Kier alpha value is -1.40. The number of hydrogen-bond acceptors (Lipinski definition) is 3. The third-order valence-electron chi connectivity index (χ3n) is 3.66. The minimum Gasteiger partial charge on any atom is -0.478 e. The Kier molecular flexibility index (Phi) is 2.46. The van der Waals surface area contributed by atoms with Gasteiger partial charge < -0.3 is 5.11 Å². The van der Waals surface area contributed by atoms with Gasteiger partial charge in [0.1, 0.15) is 0 Å². The second-order valence-corrected chi connectivity index (χ2v) is 6.85. The lowest BCUT2D eigenvalue weighted by atomic mass is 10.2. The summed E-state index contributed by atoms with van der Waals surface area (Å²) in [5.41, 5.74) is 0.000399. The van der Waals surface area contributed by atoms with Gasteiger partial charge in [0.15, 0.2) is 0 Å². The summed E-state index contributed by atoms with van der Waals surface area (Å²) in [5, 5.41) is 8.88. The lowest BCUT2D eigenvalue weighted by Gasteiger charge is -2.17. The molecule has 2 aliphatic rings. The summed E-state index contributed by atoms with van der Waals surface area (Å²) in [4.78, 5) is 10.9. The largest absolute Gasteiger partial charge is 0.478 e. The van der Waals surface area contributed by atoms with Gasteiger partial charge in [-0.25, -0.2) is 13.2 Å². The fraction of sp³-hybridized carbons (Fsp3) is 0.417. The Balaban J connectivity index is 1.93. The summed E-state index contributed by atoms with van der Waals surface area (Å²) in [6, 6.07) is 5.53. The second-order valence-electron chi connectivity index (χ2n) is 4.91. The molecule has 1 heterocycles. The molecule has 2 atom stereocenters. The van der Waals surface area contributed by atoms with Crippen molar-refractivity contribution in [3.05, 3.63) is 29.8 Å². The first-order chi connectivity index (χ1) is 8.48. The monoisotopic (exact) mass is 267 g/mol. The van der Waals surface area contributed by atoms with Gasteiger partial charge in [-0.15, -0.1) is 0 Å². The van der Waals surface area contributed by atoms with Crippen LogP contribution in [0.2, 0.25) is 0 Å². The summed E-state index contributed by atoms with van der Waals surface area (Å²) >= 11 is 0. The van der Waals surface area contributed by atoms with Crippen LogP contribution in [0, 0.1) is 11.8 Å². The van der Waals surface area contributed by atoms with E-state index in [0.29, 0.717) is 24.9 Å². The Labute approximate surface area is 105 Å². The lowest BCUT2D eigenvalue weighted by Crippen LogP contribution is -2.30. The van der Waals surface area contributed by atoms with Crippen LogP contribution in [0.3, 0.4) is 0 Å². The van der Waals surface area contributed by atoms with Gasteiger partial charge >= 0.3 is 5.97 Å². The summed E-state index contributed by atoms with van der Waals surface area (Å²) in [7, 11) is -3.53. The lowest BCUT2D eigenvalue weighted by molar-refractivity contribution is 0.0696. The molecule has 18 heavy (non-hydrogen) atoms. The third-order valence-corrected chi connectivity index (χ3v) is 5.49. The summed E-state index contributed by atoms with van der Waals surface area (Å²) in [6.45, 7) is 1.15. The minimum atomic E-state index is -3.53. The Morgan fingerprint density at radius 3 is 2.56 bits per heavy atom. The van der Waals surface area contributed by atoms with Gasteiger partial charge in [-0.1, -0.05) is 6.07 Å². The standard InChI is InChI=1S/C12H13NO4S/c14-12(15)8-2-1-3-11(5-8)18(16,17)13-6-9-4-10(9)7-13/h1-3,5,9-10H,4,6-7H2,(H,14,15). The van der Waals surface area contributed by atoms with Crippen LogP contribution in [-0.2, 0) is 10.0 Å². The van der Waals surface area contributed by atoms with E-state index < -0.39 is 16.0 Å². The molecule has 1 aromatic carbocycles. The summed E-state index contributed by atoms with van der Waals surface area (Å²) < 4.78 is 26.1. The first-order valence-electron chi connectivity index (χ1n) is 5.82. The molecule has 2 unspecified atom stereocenters. The summed E-state index contributed by atoms with van der Waals surface area (Å²) in [5.74, 6) is -0.0822. The normalized spacial score (nSPS) is 26.9. The van der Waals surface area contributed by atoms with Crippen LogP contribution in [0.1, 0.15) is 16.8 Å². The molecular formula is C12H13NO4S. The van der Waals surface area contributed by atoms with E-state index in [4.69, 9.17) is 5.11 Å². The van der Waals surface area contributed by atoms with Crippen LogP contribution in [0.25, 0.3) is 0 Å². The Morgan fingerprint density at radius 2 is 1.94 bits per heavy atom. The van der Waals surface area contributed by atoms with E-state index >= 15 is 0 Å². The molecule has 1 saturated carbocycles. The number of carboxylic acids is 1. The Morgan fingerprint density at radius 1 is 1.28 bits per heavy atom. The van der Waals surface area contributed by atoms with E-state index in [-0.39, 0.29) is 10.5 Å². The minimum absolute atomic E-state index is 0.000399. The average molecular weight is 267 g/mol. The van der Waals surface area contributed by atoms with Gasteiger partial charge in [0.25, 0.3) is 0 Å². The maximum atomic E-state index is 12.3. The number of carboxylic acid groups (broad SMARTS) is 1. The number of benzene rings is 1. The van der Waals surface area contributed by atoms with E-state index in [1.54, 1.807) is 0 Å². The van der Waals surface area contributed by atoms with Gasteiger partial charge in [0.2, 0.25) is 10.0 Å². The number of aromatic carboxylic acids is 1. The molecule has 1 N–H and O–H groups in total. The predicted octanol–water partition coefficient (Wildman–Crippen LogP) is 1.03. The van der Waals surface area contributed by atoms with Crippen LogP contribution >= 0.6 is 0 Å². The number of fused-ring (bicyclic) bond motifs is 1. The van der Waals surface area contributed by atoms with Crippen molar-refractivity contribution in [2.24, 2.45) is 11.8 Å². The zero-order chi connectivity index (χ0) is 12.9. The third kappa shape index (κ3) is 1.81. The molecule has 1 aliphatic heterocycles. The first kappa shape index (κ1) is 11.7. The van der Waals surface area contributed by atoms with Crippen molar-refractivity contribution in [2.75, 3.05) is 13.1 Å². The van der Waals surface area contributed by atoms with Crippen LogP contribution in [0.5, 0.6) is 0 Å². The maximum Gasteiger partial charge on any atom is 0.335 e. The molecule has 5 nitrogen and oxygen atoms in total. The van der Waals surface area contributed by atoms with E-state index in [1.165, 1.54) is 28.6 Å². The quantitative estimate of drug-likeness (QED) is 0.887. The molecule has 0 amide bonds. The molecule has 1 aromatic rings. The highest BCUT2D eigenvalue weighted by molar-refractivity contribution is 7.89. The molecule has 6 heteroatoms. The van der Waals surface area contributed by atoms with E-state index in [0.717, 1.165) is 6.42 Å². The van der Waals surface area contributed by atoms with Crippen LogP contribution in [0.15, 0.2) is 29.2 Å². The molecule has 96 valence electrons. The predicted molar refractivity (Wildman–Crippen MR) is 63.8 cm³/mol. The van der Waals surface area contributed by atoms with Gasteiger partial charge in [0.05, 0.1) is 10.5 Å². The van der Waals surface area contributed by atoms with Crippen LogP contribution in [0.4, 0.5) is 0 Å². The van der Waals surface area contributed by atoms with E-state index in [2.05, 4.69) is 0 Å². The van der Waals surface area contributed by atoms with Gasteiger partial charge in [-0.2, -0.15) is 4.31 Å². The molecule has 1 saturated heterocycles. The summed E-state index contributed by atoms with van der Waals surface area (Å²) in [6.07, 6.45) is 1.13. The molecule has 0 bridgehead atoms. The highest BCUT2D eigenvalue weighted by Gasteiger charge is 2.48. The van der Waals surface area contributed by atoms with E-state index in [1.807, 2.05) is 0 Å². The van der Waals surface area contributed by atoms with Crippen molar-refractivity contribution < 1.29 is 18.3 Å². The van der Waals surface area contributed by atoms with E-state index in [9.17, 15) is 13.2 Å². The zero-order valence-corrected chi connectivity index (χ0v) is 10.4. The number of nitrogens with zero attached hydrogens (tertiary/aromatic N) is 1. The number of carbonyl (C=O) groups is 1. The smallest absolute Gasteiger partial charge is 0.335 e. The van der Waals surface area contributed by atoms with Crippen molar-refractivity contribution in [3.63, 3.8) is 0 Å². The van der Waals surface area contributed by atoms with Crippen molar-refractivity contribution >= 4 is 16.0 Å². The van der Waals surface area contributed by atoms with Crippen molar-refractivity contribution in [1.82, 2.24) is 4.31 Å². The van der Waals surface area contributed by atoms with Crippen molar-refractivity contribution in [1.29, 1.82) is 0 Å². The number of hydrogen-bond donors (Lipinski definition) is 1. The average Bonchev–Trinajstić information content (AvgIpc) is 2.96. The van der Waals surface area contributed by atoms with Crippen LogP contribution in [-0.4, -0.2) is 36.9 Å². The van der Waals surface area contributed by atoms with Crippen molar-refractivity contribution in [3.8, 4) is 0 Å². The molecule has 0 aromatic heterocycles. The highest BCUT2D eigenvalue weighted by atomic mass is 32.2. The van der Waals surface area contributed by atoms with Crippen molar-refractivity contribution in [2.45, 2.75) is 11.3 Å². The fourth-order valence-corrected chi connectivity index (χ4v) is 4.09. The van der Waals surface area contributed by atoms with Gasteiger partial charge in [0, 0.05) is 13.1 Å². The highest BCUT2D eigenvalue weighted by Crippen LogP contribution is 2.46. The number of rotatable bonds is 3. The molecule has 3 rings (SSSR count). The molecule has 1 aliphatic carbocycles. The number of sulfonamides is 1. The molecule has 2 fully saturated rings. The topological polar surface area (TPSA) is 74.7 Å².